The molecule has 0 aliphatic carbocycles. The van der Waals surface area contributed by atoms with Gasteiger partial charge < -0.3 is 0 Å². The molecule has 0 unspecified atom stereocenters. The molecule has 0 saturated heterocycles. The first kappa shape index (κ1) is 7.76. The summed E-state index contributed by atoms with van der Waals surface area (Å²) in [4.78, 5) is 3.75. The van der Waals surface area contributed by atoms with Crippen molar-refractivity contribution in [1.82, 2.24) is 4.98 Å². The van der Waals surface area contributed by atoms with Crippen LogP contribution in [-0.2, 0) is 0 Å². The van der Waals surface area contributed by atoms with Gasteiger partial charge in [0, 0.05) is 3.57 Å². The molecule has 0 amide bonds. The van der Waals surface area contributed by atoms with Crippen LogP contribution in [-0.4, -0.2) is 4.98 Å². The lowest BCUT2D eigenvalue weighted by Gasteiger charge is -1.91. The highest BCUT2D eigenvalue weighted by Gasteiger charge is 1.95. The molecule has 50 valence electrons. The minimum atomic E-state index is 0.358. The van der Waals surface area contributed by atoms with Gasteiger partial charge in [0.25, 0.3) is 0 Å². The quantitative estimate of drug-likeness (QED) is 0.532. The lowest BCUT2D eigenvalue weighted by atomic mass is 10.4. The van der Waals surface area contributed by atoms with E-state index in [1.807, 2.05) is 6.07 Å². The van der Waals surface area contributed by atoms with Gasteiger partial charge in [0.2, 0.25) is 0 Å². The Morgan fingerprint density at radius 1 is 1.60 bits per heavy atom. The molecule has 0 saturated carbocycles. The highest BCUT2D eigenvalue weighted by Crippen LogP contribution is 2.11. The fourth-order valence-electron chi connectivity index (χ4n) is 0.523. The third-order valence-electron chi connectivity index (χ3n) is 0.873. The smallest absolute Gasteiger partial charge is 0.143 e. The van der Waals surface area contributed by atoms with Gasteiger partial charge in [0.05, 0.1) is 0 Å². The Balaban J connectivity index is 3.22. The maximum absolute atomic E-state index is 8.41. The van der Waals surface area contributed by atoms with Crippen LogP contribution in [0.25, 0.3) is 0 Å². The van der Waals surface area contributed by atoms with Gasteiger partial charge in [-0.25, -0.2) is 4.98 Å². The van der Waals surface area contributed by atoms with Crippen LogP contribution in [0.3, 0.4) is 0 Å². The molecule has 4 heteroatoms. The number of nitrogens with zero attached hydrogens (tertiary/aromatic N) is 2. The Hall–Kier alpha value is -0.340. The molecule has 0 N–H and O–H groups in total. The molecule has 0 aliphatic rings. The van der Waals surface area contributed by atoms with E-state index in [2.05, 4.69) is 27.6 Å². The molecule has 1 rings (SSSR count). The van der Waals surface area contributed by atoms with Gasteiger partial charge in [0.15, 0.2) is 0 Å². The normalized spacial score (nSPS) is 8.90. The zero-order chi connectivity index (χ0) is 7.56. The Morgan fingerprint density at radius 2 is 2.30 bits per heavy atom. The maximum atomic E-state index is 8.41. The minimum absolute atomic E-state index is 0.358. The first-order chi connectivity index (χ1) is 4.72. The van der Waals surface area contributed by atoms with Gasteiger partial charge in [-0.1, -0.05) is 11.6 Å². The van der Waals surface area contributed by atoms with Crippen molar-refractivity contribution in [1.29, 1.82) is 5.26 Å². The lowest BCUT2D eigenvalue weighted by Crippen LogP contribution is -1.83. The Morgan fingerprint density at radius 3 is 2.80 bits per heavy atom. The molecule has 0 aliphatic heterocycles. The van der Waals surface area contributed by atoms with Crippen LogP contribution >= 0.6 is 34.2 Å². The van der Waals surface area contributed by atoms with E-state index in [4.69, 9.17) is 16.9 Å². The Labute approximate surface area is 77.0 Å². The van der Waals surface area contributed by atoms with Crippen LogP contribution in [0.5, 0.6) is 0 Å². The Kier molecular flexibility index (Phi) is 2.46. The number of aromatic nitrogens is 1. The summed E-state index contributed by atoms with van der Waals surface area (Å²) in [5, 5.41) is 8.78. The van der Waals surface area contributed by atoms with Crippen LogP contribution in [0.15, 0.2) is 12.1 Å². The van der Waals surface area contributed by atoms with Crippen molar-refractivity contribution in [2.45, 2.75) is 0 Å². The summed E-state index contributed by atoms with van der Waals surface area (Å²) in [6.07, 6.45) is 0. The van der Waals surface area contributed by atoms with E-state index >= 15 is 0 Å². The van der Waals surface area contributed by atoms with Crippen LogP contribution < -0.4 is 0 Å². The molecular formula is C6H2ClIN2. The van der Waals surface area contributed by atoms with E-state index < -0.39 is 0 Å². The second-order valence-electron chi connectivity index (χ2n) is 1.61. The van der Waals surface area contributed by atoms with Crippen LogP contribution in [0.1, 0.15) is 5.69 Å². The van der Waals surface area contributed by atoms with Crippen LogP contribution in [0.2, 0.25) is 5.15 Å². The molecule has 10 heavy (non-hydrogen) atoms. The third-order valence-corrected chi connectivity index (χ3v) is 1.69. The zero-order valence-electron chi connectivity index (χ0n) is 4.81. The van der Waals surface area contributed by atoms with E-state index in [1.165, 1.54) is 0 Å². The van der Waals surface area contributed by atoms with Crippen molar-refractivity contribution in [3.05, 3.63) is 26.5 Å². The average Bonchev–Trinajstić information content (AvgIpc) is 1.85. The van der Waals surface area contributed by atoms with Gasteiger partial charge in [-0.05, 0) is 34.7 Å². The highest BCUT2D eigenvalue weighted by atomic mass is 127. The summed E-state index contributed by atoms with van der Waals surface area (Å²) < 4.78 is 0.925. The largest absolute Gasteiger partial charge is 0.225 e. The first-order valence-electron chi connectivity index (χ1n) is 2.45. The van der Waals surface area contributed by atoms with Crippen LogP contribution in [0, 0.1) is 14.9 Å². The number of hydrogen-bond acceptors (Lipinski definition) is 2. The van der Waals surface area contributed by atoms with Crippen LogP contribution in [0.4, 0.5) is 0 Å². The van der Waals surface area contributed by atoms with Gasteiger partial charge >= 0.3 is 0 Å². The number of rotatable bonds is 0. The number of nitriles is 1. The van der Waals surface area contributed by atoms with E-state index in [0.29, 0.717) is 10.8 Å². The summed E-state index contributed by atoms with van der Waals surface area (Å²) in [5.41, 5.74) is 0.358. The fourth-order valence-corrected chi connectivity index (χ4v) is 1.51. The zero-order valence-corrected chi connectivity index (χ0v) is 7.72. The van der Waals surface area contributed by atoms with Crippen molar-refractivity contribution in [3.63, 3.8) is 0 Å². The van der Waals surface area contributed by atoms with E-state index in [9.17, 15) is 0 Å². The molecule has 0 atom stereocenters. The summed E-state index contributed by atoms with van der Waals surface area (Å²) >= 11 is 7.64. The summed E-state index contributed by atoms with van der Waals surface area (Å²) in [6.45, 7) is 0. The summed E-state index contributed by atoms with van der Waals surface area (Å²) in [5.74, 6) is 0. The molecule has 2 nitrogen and oxygen atoms in total. The van der Waals surface area contributed by atoms with Crippen molar-refractivity contribution in [3.8, 4) is 6.07 Å². The minimum Gasteiger partial charge on any atom is -0.225 e. The highest BCUT2D eigenvalue weighted by molar-refractivity contribution is 14.1. The second kappa shape index (κ2) is 3.17. The molecule has 0 fully saturated rings. The van der Waals surface area contributed by atoms with Gasteiger partial charge in [-0.15, -0.1) is 0 Å². The topological polar surface area (TPSA) is 36.7 Å². The van der Waals surface area contributed by atoms with Gasteiger partial charge in [0.1, 0.15) is 16.9 Å². The molecular weight excluding hydrogens is 262 g/mol. The maximum Gasteiger partial charge on any atom is 0.143 e. The number of hydrogen-bond donors (Lipinski definition) is 0. The predicted octanol–water partition coefficient (Wildman–Crippen LogP) is 2.21. The fraction of sp³-hybridized carbons (Fsp3) is 0. The van der Waals surface area contributed by atoms with Gasteiger partial charge in [-0.2, -0.15) is 5.26 Å². The molecule has 0 spiro atoms. The van der Waals surface area contributed by atoms with E-state index in [0.717, 1.165) is 3.57 Å². The monoisotopic (exact) mass is 264 g/mol. The van der Waals surface area contributed by atoms with E-state index in [1.54, 1.807) is 12.1 Å². The molecule has 0 radical (unpaired) electrons. The second-order valence-corrected chi connectivity index (χ2v) is 3.24. The predicted molar refractivity (Wildman–Crippen MR) is 46.7 cm³/mol. The van der Waals surface area contributed by atoms with Crippen molar-refractivity contribution >= 4 is 34.2 Å². The summed E-state index contributed by atoms with van der Waals surface area (Å²) in [6, 6.07) is 5.28. The van der Waals surface area contributed by atoms with E-state index in [-0.39, 0.29) is 0 Å². The molecule has 1 aromatic rings. The van der Waals surface area contributed by atoms with Crippen molar-refractivity contribution in [2.75, 3.05) is 0 Å². The lowest BCUT2D eigenvalue weighted by molar-refractivity contribution is 1.25. The SMILES string of the molecule is N#Cc1cc(I)cc(Cl)n1. The van der Waals surface area contributed by atoms with Crippen molar-refractivity contribution < 1.29 is 0 Å². The molecule has 0 bridgehead atoms. The average molecular weight is 264 g/mol. The standard InChI is InChI=1S/C6H2ClIN2/c7-6-2-4(8)1-5(3-9)10-6/h1-2H. The number of pyridine rings is 1. The molecule has 1 aromatic heterocycles. The summed E-state index contributed by atoms with van der Waals surface area (Å²) in [7, 11) is 0. The molecule has 0 aromatic carbocycles. The van der Waals surface area contributed by atoms with Gasteiger partial charge in [-0.3, -0.25) is 0 Å². The van der Waals surface area contributed by atoms with Crippen molar-refractivity contribution in [2.24, 2.45) is 0 Å². The Bertz CT molecular complexity index is 272. The number of halogens is 2. The molecule has 1 heterocycles. The first-order valence-corrected chi connectivity index (χ1v) is 3.91. The third kappa shape index (κ3) is 1.82.